The van der Waals surface area contributed by atoms with Crippen molar-refractivity contribution < 1.29 is 13.6 Å². The molecular formula is C14H10F2O. The molecule has 0 atom stereocenters. The second-order valence-corrected chi connectivity index (χ2v) is 3.70. The van der Waals surface area contributed by atoms with E-state index in [9.17, 15) is 13.6 Å². The van der Waals surface area contributed by atoms with Crippen LogP contribution in [0.4, 0.5) is 8.78 Å². The van der Waals surface area contributed by atoms with E-state index in [2.05, 4.69) is 0 Å². The molecule has 0 N–H and O–H groups in total. The van der Waals surface area contributed by atoms with Crippen molar-refractivity contribution in [2.24, 2.45) is 0 Å². The molecule has 2 rings (SSSR count). The molecular weight excluding hydrogens is 222 g/mol. The smallest absolute Gasteiger partial charge is 0.167 e. The molecule has 1 nitrogen and oxygen atoms in total. The first-order valence-electron chi connectivity index (χ1n) is 5.19. The van der Waals surface area contributed by atoms with Gasteiger partial charge in [0.05, 0.1) is 0 Å². The first-order valence-corrected chi connectivity index (χ1v) is 5.19. The molecule has 0 saturated heterocycles. The minimum Gasteiger partial charge on any atom is -0.294 e. The van der Waals surface area contributed by atoms with Crippen LogP contribution >= 0.6 is 0 Å². The predicted molar refractivity (Wildman–Crippen MR) is 60.8 cm³/mol. The molecule has 0 aliphatic rings. The van der Waals surface area contributed by atoms with Crippen LogP contribution in [0.5, 0.6) is 0 Å². The van der Waals surface area contributed by atoms with Gasteiger partial charge in [-0.15, -0.1) is 0 Å². The van der Waals surface area contributed by atoms with Gasteiger partial charge in [-0.25, -0.2) is 8.78 Å². The van der Waals surface area contributed by atoms with E-state index in [4.69, 9.17) is 0 Å². The molecule has 0 unspecified atom stereocenters. The molecule has 0 aromatic heterocycles. The number of carbonyl (C=O) groups excluding carboxylic acids is 1. The minimum atomic E-state index is -0.468. The molecule has 0 fully saturated rings. The van der Waals surface area contributed by atoms with Gasteiger partial charge in [0.15, 0.2) is 5.78 Å². The highest BCUT2D eigenvalue weighted by Crippen LogP contribution is 2.12. The van der Waals surface area contributed by atoms with E-state index in [1.54, 1.807) is 18.2 Å². The van der Waals surface area contributed by atoms with Gasteiger partial charge in [-0.05, 0) is 23.8 Å². The molecule has 2 aromatic carbocycles. The van der Waals surface area contributed by atoms with Crippen molar-refractivity contribution in [1.29, 1.82) is 0 Å². The summed E-state index contributed by atoms with van der Waals surface area (Å²) < 4.78 is 26.2. The first-order chi connectivity index (χ1) is 8.16. The summed E-state index contributed by atoms with van der Waals surface area (Å²) in [6, 6.07) is 11.5. The third-order valence-corrected chi connectivity index (χ3v) is 2.46. The molecule has 0 bridgehead atoms. The predicted octanol–water partition coefficient (Wildman–Crippen LogP) is 3.39. The van der Waals surface area contributed by atoms with E-state index in [-0.39, 0.29) is 17.8 Å². The highest BCUT2D eigenvalue weighted by molar-refractivity contribution is 5.97. The third-order valence-electron chi connectivity index (χ3n) is 2.46. The van der Waals surface area contributed by atoms with Crippen molar-refractivity contribution in [2.45, 2.75) is 6.42 Å². The van der Waals surface area contributed by atoms with Gasteiger partial charge >= 0.3 is 0 Å². The molecule has 0 amide bonds. The van der Waals surface area contributed by atoms with Gasteiger partial charge in [0.2, 0.25) is 0 Å². The maximum absolute atomic E-state index is 13.3. The van der Waals surface area contributed by atoms with Crippen molar-refractivity contribution in [2.75, 3.05) is 0 Å². The number of rotatable bonds is 3. The molecule has 3 heteroatoms. The Morgan fingerprint density at radius 1 is 1.00 bits per heavy atom. The van der Waals surface area contributed by atoms with Crippen molar-refractivity contribution in [3.63, 3.8) is 0 Å². The lowest BCUT2D eigenvalue weighted by molar-refractivity contribution is 0.0991. The average molecular weight is 232 g/mol. The lowest BCUT2D eigenvalue weighted by Crippen LogP contribution is -2.05. The van der Waals surface area contributed by atoms with Crippen molar-refractivity contribution in [1.82, 2.24) is 0 Å². The summed E-state index contributed by atoms with van der Waals surface area (Å²) >= 11 is 0. The Balaban J connectivity index is 2.20. The fourth-order valence-electron chi connectivity index (χ4n) is 1.58. The Morgan fingerprint density at radius 2 is 1.76 bits per heavy atom. The van der Waals surface area contributed by atoms with E-state index < -0.39 is 11.6 Å². The van der Waals surface area contributed by atoms with Gasteiger partial charge < -0.3 is 0 Å². The highest BCUT2D eigenvalue weighted by Gasteiger charge is 2.10. The number of hydrogen-bond donors (Lipinski definition) is 0. The molecule has 0 saturated carbocycles. The Kier molecular flexibility index (Phi) is 3.28. The van der Waals surface area contributed by atoms with Crippen molar-refractivity contribution in [3.8, 4) is 0 Å². The van der Waals surface area contributed by atoms with Gasteiger partial charge in [-0.2, -0.15) is 0 Å². The number of hydrogen-bond acceptors (Lipinski definition) is 1. The monoisotopic (exact) mass is 232 g/mol. The van der Waals surface area contributed by atoms with E-state index in [1.165, 1.54) is 24.3 Å². The summed E-state index contributed by atoms with van der Waals surface area (Å²) in [4.78, 5) is 11.8. The fraction of sp³-hybridized carbons (Fsp3) is 0.0714. The van der Waals surface area contributed by atoms with Crippen LogP contribution in [0.2, 0.25) is 0 Å². The zero-order valence-electron chi connectivity index (χ0n) is 8.99. The van der Waals surface area contributed by atoms with E-state index in [1.807, 2.05) is 0 Å². The van der Waals surface area contributed by atoms with E-state index in [0.717, 1.165) is 6.07 Å². The van der Waals surface area contributed by atoms with Crippen LogP contribution in [-0.4, -0.2) is 5.78 Å². The molecule has 0 aliphatic heterocycles. The van der Waals surface area contributed by atoms with E-state index >= 15 is 0 Å². The van der Waals surface area contributed by atoms with Crippen LogP contribution in [0, 0.1) is 11.6 Å². The molecule has 0 heterocycles. The third kappa shape index (κ3) is 2.75. The number of halogens is 2. The summed E-state index contributed by atoms with van der Waals surface area (Å²) in [5.41, 5.74) is 0.579. The van der Waals surface area contributed by atoms with Crippen LogP contribution in [0.1, 0.15) is 15.9 Å². The van der Waals surface area contributed by atoms with Gasteiger partial charge in [0, 0.05) is 12.0 Å². The minimum absolute atomic E-state index is 0.0594. The van der Waals surface area contributed by atoms with Gasteiger partial charge in [0.1, 0.15) is 11.6 Å². The maximum atomic E-state index is 13.3. The summed E-state index contributed by atoms with van der Waals surface area (Å²) in [6.45, 7) is 0. The maximum Gasteiger partial charge on any atom is 0.167 e. The first kappa shape index (κ1) is 11.5. The topological polar surface area (TPSA) is 17.1 Å². The second kappa shape index (κ2) is 4.87. The number of benzene rings is 2. The molecule has 0 radical (unpaired) electrons. The number of Topliss-reactive ketones (excluding diaryl/α,β-unsaturated/α-hetero) is 1. The lowest BCUT2D eigenvalue weighted by atomic mass is 10.0. The highest BCUT2D eigenvalue weighted by atomic mass is 19.1. The quantitative estimate of drug-likeness (QED) is 0.741. The fourth-order valence-corrected chi connectivity index (χ4v) is 1.58. The van der Waals surface area contributed by atoms with Crippen LogP contribution in [-0.2, 0) is 6.42 Å². The molecule has 86 valence electrons. The Labute approximate surface area is 97.7 Å². The van der Waals surface area contributed by atoms with Gasteiger partial charge in [0.25, 0.3) is 0 Å². The summed E-state index contributed by atoms with van der Waals surface area (Å²) in [5.74, 6) is -1.18. The van der Waals surface area contributed by atoms with Crippen LogP contribution < -0.4 is 0 Å². The van der Waals surface area contributed by atoms with E-state index in [0.29, 0.717) is 5.56 Å². The SMILES string of the molecule is O=C(Cc1ccccc1F)c1cccc(F)c1. The standard InChI is InChI=1S/C14H10F2O/c15-12-6-3-5-11(8-12)14(17)9-10-4-1-2-7-13(10)16/h1-8H,9H2. The number of ketones is 1. The van der Waals surface area contributed by atoms with Crippen LogP contribution in [0.25, 0.3) is 0 Å². The summed E-state index contributed by atoms with van der Waals surface area (Å²) in [6.07, 6.45) is -0.0594. The largest absolute Gasteiger partial charge is 0.294 e. The molecule has 17 heavy (non-hydrogen) atoms. The Hall–Kier alpha value is -2.03. The Bertz CT molecular complexity index is 549. The molecule has 0 aliphatic carbocycles. The number of carbonyl (C=O) groups is 1. The van der Waals surface area contributed by atoms with Gasteiger partial charge in [-0.3, -0.25) is 4.79 Å². The second-order valence-electron chi connectivity index (χ2n) is 3.70. The normalized spacial score (nSPS) is 10.2. The summed E-state index contributed by atoms with van der Waals surface area (Å²) in [7, 11) is 0. The zero-order chi connectivity index (χ0) is 12.3. The van der Waals surface area contributed by atoms with Gasteiger partial charge in [-0.1, -0.05) is 30.3 Å². The zero-order valence-corrected chi connectivity index (χ0v) is 8.99. The average Bonchev–Trinajstić information content (AvgIpc) is 2.32. The summed E-state index contributed by atoms with van der Waals surface area (Å²) in [5, 5.41) is 0. The Morgan fingerprint density at radius 3 is 2.47 bits per heavy atom. The van der Waals surface area contributed by atoms with Crippen molar-refractivity contribution in [3.05, 3.63) is 71.3 Å². The van der Waals surface area contributed by atoms with Crippen molar-refractivity contribution >= 4 is 5.78 Å². The van der Waals surface area contributed by atoms with Crippen LogP contribution in [0.3, 0.4) is 0 Å². The van der Waals surface area contributed by atoms with Crippen LogP contribution in [0.15, 0.2) is 48.5 Å². The molecule has 0 spiro atoms. The molecule has 2 aromatic rings. The lowest BCUT2D eigenvalue weighted by Gasteiger charge is -2.02.